The second kappa shape index (κ2) is 8.12. The van der Waals surface area contributed by atoms with E-state index < -0.39 is 0 Å². The molecule has 0 aliphatic carbocycles. The molecule has 0 spiro atoms. The third-order valence-corrected chi connectivity index (χ3v) is 5.46. The Balaban J connectivity index is 1.43. The van der Waals surface area contributed by atoms with Gasteiger partial charge in [0, 0.05) is 36.9 Å². The minimum absolute atomic E-state index is 0.106. The number of hydrogen-bond donors (Lipinski definition) is 1. The predicted molar refractivity (Wildman–Crippen MR) is 112 cm³/mol. The van der Waals surface area contributed by atoms with Crippen molar-refractivity contribution in [3.05, 3.63) is 75.4 Å². The number of nitrogens with zero attached hydrogens (tertiary/aromatic N) is 3. The van der Waals surface area contributed by atoms with E-state index in [-0.39, 0.29) is 16.7 Å². The zero-order chi connectivity index (χ0) is 19.5. The van der Waals surface area contributed by atoms with Gasteiger partial charge in [-0.3, -0.25) is 20.0 Å². The molecule has 2 aromatic carbocycles. The smallest absolute Gasteiger partial charge is 0.301 e. The Hall–Kier alpha value is -2.70. The minimum atomic E-state index is -0.317. The molecule has 7 heteroatoms. The lowest BCUT2D eigenvalue weighted by Gasteiger charge is -2.32. The van der Waals surface area contributed by atoms with Crippen LogP contribution in [0.25, 0.3) is 10.9 Å². The van der Waals surface area contributed by atoms with Gasteiger partial charge in [0.25, 0.3) is 0 Å². The molecular formula is C21H21ClN4O2. The second-order valence-electron chi connectivity index (χ2n) is 7.11. The van der Waals surface area contributed by atoms with Crippen LogP contribution in [0.1, 0.15) is 18.4 Å². The minimum Gasteiger partial charge on any atom is -0.377 e. The van der Waals surface area contributed by atoms with Gasteiger partial charge < -0.3 is 5.32 Å². The fourth-order valence-electron chi connectivity index (χ4n) is 3.75. The van der Waals surface area contributed by atoms with Crippen molar-refractivity contribution < 1.29 is 4.92 Å². The molecule has 1 fully saturated rings. The zero-order valence-corrected chi connectivity index (χ0v) is 16.1. The molecule has 0 saturated carbocycles. The highest BCUT2D eigenvalue weighted by atomic mass is 35.5. The molecule has 0 atom stereocenters. The lowest BCUT2D eigenvalue weighted by atomic mass is 10.0. The van der Waals surface area contributed by atoms with Gasteiger partial charge in [0.1, 0.15) is 5.69 Å². The van der Waals surface area contributed by atoms with E-state index in [1.807, 2.05) is 18.2 Å². The summed E-state index contributed by atoms with van der Waals surface area (Å²) in [6.07, 6.45) is 3.53. The number of halogens is 1. The molecule has 0 bridgehead atoms. The summed E-state index contributed by atoms with van der Waals surface area (Å²) in [5.41, 5.74) is 2.56. The average Bonchev–Trinajstić information content (AvgIpc) is 2.70. The van der Waals surface area contributed by atoms with Crippen LogP contribution in [-0.4, -0.2) is 33.9 Å². The molecule has 1 saturated heterocycles. The van der Waals surface area contributed by atoms with Crippen molar-refractivity contribution in [2.24, 2.45) is 0 Å². The number of fused-ring (bicyclic) bond motifs is 1. The average molecular weight is 397 g/mol. The Bertz CT molecular complexity index is 985. The first-order valence-corrected chi connectivity index (χ1v) is 9.73. The van der Waals surface area contributed by atoms with Crippen LogP contribution in [0.15, 0.2) is 54.7 Å². The van der Waals surface area contributed by atoms with Gasteiger partial charge in [-0.2, -0.15) is 0 Å². The summed E-state index contributed by atoms with van der Waals surface area (Å²) in [7, 11) is 0. The van der Waals surface area contributed by atoms with E-state index in [1.54, 1.807) is 24.4 Å². The first kappa shape index (κ1) is 18.7. The van der Waals surface area contributed by atoms with Gasteiger partial charge in [-0.15, -0.1) is 0 Å². The highest BCUT2D eigenvalue weighted by molar-refractivity contribution is 6.30. The fourth-order valence-corrected chi connectivity index (χ4v) is 3.88. The summed E-state index contributed by atoms with van der Waals surface area (Å²) in [6, 6.07) is 15.2. The monoisotopic (exact) mass is 396 g/mol. The molecular weight excluding hydrogens is 376 g/mol. The van der Waals surface area contributed by atoms with Crippen LogP contribution >= 0.6 is 11.6 Å². The highest BCUT2D eigenvalue weighted by Crippen LogP contribution is 2.33. The molecule has 3 aromatic rings. The number of likely N-dealkylation sites (tertiary alicyclic amines) is 1. The van der Waals surface area contributed by atoms with Gasteiger partial charge in [0.05, 0.1) is 15.8 Å². The molecule has 4 rings (SSSR count). The Morgan fingerprint density at radius 3 is 2.61 bits per heavy atom. The summed E-state index contributed by atoms with van der Waals surface area (Å²) in [4.78, 5) is 18.0. The Morgan fingerprint density at radius 2 is 1.89 bits per heavy atom. The van der Waals surface area contributed by atoms with E-state index in [9.17, 15) is 10.1 Å². The Labute approximate surface area is 168 Å². The number of nitrogens with one attached hydrogen (secondary N) is 1. The van der Waals surface area contributed by atoms with Crippen LogP contribution in [-0.2, 0) is 6.54 Å². The summed E-state index contributed by atoms with van der Waals surface area (Å²) in [6.45, 7) is 2.79. The molecule has 2 heterocycles. The second-order valence-corrected chi connectivity index (χ2v) is 7.55. The standard InChI is InChI=1S/C21H21ClN4O2/c22-16-5-3-15(4-6-16)14-25-12-9-17(10-13-25)24-20-8-7-19-18(2-1-11-23-19)21(20)26(27)28/h1-8,11,17,24H,9-10,12-14H2. The van der Waals surface area contributed by atoms with Crippen LogP contribution in [0, 0.1) is 10.1 Å². The fraction of sp³-hybridized carbons (Fsp3) is 0.286. The van der Waals surface area contributed by atoms with Crippen LogP contribution in [0.3, 0.4) is 0 Å². The highest BCUT2D eigenvalue weighted by Gasteiger charge is 2.24. The summed E-state index contributed by atoms with van der Waals surface area (Å²) in [5, 5.41) is 16.4. The quantitative estimate of drug-likeness (QED) is 0.492. The number of rotatable bonds is 5. The first-order chi connectivity index (χ1) is 13.6. The largest absolute Gasteiger partial charge is 0.377 e. The lowest BCUT2D eigenvalue weighted by molar-refractivity contribution is -0.382. The molecule has 28 heavy (non-hydrogen) atoms. The number of piperidine rings is 1. The van der Waals surface area contributed by atoms with Gasteiger partial charge in [0.2, 0.25) is 0 Å². The summed E-state index contributed by atoms with van der Waals surface area (Å²) >= 11 is 5.95. The third kappa shape index (κ3) is 4.08. The van der Waals surface area contributed by atoms with Crippen molar-refractivity contribution >= 4 is 33.9 Å². The summed E-state index contributed by atoms with van der Waals surface area (Å²) in [5.74, 6) is 0. The van der Waals surface area contributed by atoms with Crippen LogP contribution in [0.4, 0.5) is 11.4 Å². The number of anilines is 1. The molecule has 6 nitrogen and oxygen atoms in total. The number of hydrogen-bond acceptors (Lipinski definition) is 5. The van der Waals surface area contributed by atoms with E-state index >= 15 is 0 Å². The van der Waals surface area contributed by atoms with Gasteiger partial charge in [-0.05, 0) is 54.8 Å². The van der Waals surface area contributed by atoms with Gasteiger partial charge in [-0.25, -0.2) is 0 Å². The van der Waals surface area contributed by atoms with Crippen molar-refractivity contribution in [3.63, 3.8) is 0 Å². The molecule has 0 amide bonds. The maximum atomic E-state index is 11.7. The van der Waals surface area contributed by atoms with E-state index in [4.69, 9.17) is 11.6 Å². The van der Waals surface area contributed by atoms with Crippen molar-refractivity contribution in [2.45, 2.75) is 25.4 Å². The van der Waals surface area contributed by atoms with Crippen LogP contribution in [0.5, 0.6) is 0 Å². The van der Waals surface area contributed by atoms with Crippen LogP contribution < -0.4 is 5.32 Å². The number of nitro groups is 1. The number of nitro benzene ring substituents is 1. The van der Waals surface area contributed by atoms with E-state index in [0.29, 0.717) is 16.6 Å². The van der Waals surface area contributed by atoms with Crippen molar-refractivity contribution in [1.82, 2.24) is 9.88 Å². The molecule has 1 N–H and O–H groups in total. The van der Waals surface area contributed by atoms with Gasteiger partial charge >= 0.3 is 5.69 Å². The van der Waals surface area contributed by atoms with Crippen molar-refractivity contribution in [2.75, 3.05) is 18.4 Å². The Morgan fingerprint density at radius 1 is 1.14 bits per heavy atom. The number of benzene rings is 2. The van der Waals surface area contributed by atoms with Gasteiger partial charge in [0.15, 0.2) is 0 Å². The molecule has 0 unspecified atom stereocenters. The summed E-state index contributed by atoms with van der Waals surface area (Å²) < 4.78 is 0. The lowest BCUT2D eigenvalue weighted by Crippen LogP contribution is -2.38. The molecule has 1 aliphatic rings. The molecule has 0 radical (unpaired) electrons. The maximum absolute atomic E-state index is 11.7. The van der Waals surface area contributed by atoms with Gasteiger partial charge in [-0.1, -0.05) is 23.7 Å². The van der Waals surface area contributed by atoms with E-state index in [1.165, 1.54) is 5.56 Å². The SMILES string of the molecule is O=[N+]([O-])c1c(NC2CCN(Cc3ccc(Cl)cc3)CC2)ccc2ncccc12. The molecule has 144 valence electrons. The topological polar surface area (TPSA) is 71.3 Å². The molecule has 1 aromatic heterocycles. The Kier molecular flexibility index (Phi) is 5.41. The van der Waals surface area contributed by atoms with Crippen molar-refractivity contribution in [3.8, 4) is 0 Å². The zero-order valence-electron chi connectivity index (χ0n) is 15.3. The normalized spacial score (nSPS) is 15.6. The molecule has 1 aliphatic heterocycles. The van der Waals surface area contributed by atoms with E-state index in [2.05, 4.69) is 27.3 Å². The number of pyridine rings is 1. The van der Waals surface area contributed by atoms with Crippen LogP contribution in [0.2, 0.25) is 5.02 Å². The number of aromatic nitrogens is 1. The maximum Gasteiger partial charge on any atom is 0.301 e. The first-order valence-electron chi connectivity index (χ1n) is 9.35. The van der Waals surface area contributed by atoms with E-state index in [0.717, 1.165) is 37.5 Å². The van der Waals surface area contributed by atoms with Crippen molar-refractivity contribution in [1.29, 1.82) is 0 Å². The third-order valence-electron chi connectivity index (χ3n) is 5.21. The predicted octanol–water partition coefficient (Wildman–Crippen LogP) is 4.87.